The third-order valence-corrected chi connectivity index (χ3v) is 4.59. The van der Waals surface area contributed by atoms with E-state index in [1.54, 1.807) is 12.1 Å². The smallest absolute Gasteiger partial charge is 0.224 e. The zero-order chi connectivity index (χ0) is 18.0. The molecule has 1 amide bonds. The van der Waals surface area contributed by atoms with E-state index in [1.807, 2.05) is 0 Å². The average Bonchev–Trinajstić information content (AvgIpc) is 2.53. The summed E-state index contributed by atoms with van der Waals surface area (Å²) >= 11 is 5.84. The van der Waals surface area contributed by atoms with Crippen LogP contribution in [0.1, 0.15) is 58.4 Å². The highest BCUT2D eigenvalue weighted by Crippen LogP contribution is 2.23. The van der Waals surface area contributed by atoms with Crippen molar-refractivity contribution in [1.29, 1.82) is 0 Å². The van der Waals surface area contributed by atoms with Crippen LogP contribution in [0.3, 0.4) is 0 Å². The molecule has 1 aromatic carbocycles. The predicted molar refractivity (Wildman–Crippen MR) is 101 cm³/mol. The quantitative estimate of drug-likeness (QED) is 0.525. The molecule has 3 N–H and O–H groups in total. The van der Waals surface area contributed by atoms with Gasteiger partial charge in [-0.3, -0.25) is 4.79 Å². The van der Waals surface area contributed by atoms with E-state index >= 15 is 0 Å². The van der Waals surface area contributed by atoms with Gasteiger partial charge >= 0.3 is 0 Å². The van der Waals surface area contributed by atoms with Gasteiger partial charge in [0.15, 0.2) is 0 Å². The van der Waals surface area contributed by atoms with Crippen LogP contribution in [-0.4, -0.2) is 29.6 Å². The lowest BCUT2D eigenvalue weighted by molar-refractivity contribution is -0.120. The number of carbonyl (C=O) groups excluding carboxylic acids is 1. The molecule has 1 rings (SSSR count). The van der Waals surface area contributed by atoms with Crippen LogP contribution >= 0.6 is 11.6 Å². The minimum atomic E-state index is -0.0110. The molecule has 0 unspecified atom stereocenters. The second-order valence-electron chi connectivity index (χ2n) is 6.89. The topological polar surface area (TPSA) is 61.4 Å². The van der Waals surface area contributed by atoms with Crippen molar-refractivity contribution in [3.05, 3.63) is 28.8 Å². The zero-order valence-corrected chi connectivity index (χ0v) is 15.9. The molecule has 4 nitrogen and oxygen atoms in total. The molecule has 136 valence electrons. The number of nitrogens with one attached hydrogen (secondary N) is 2. The van der Waals surface area contributed by atoms with Crippen molar-refractivity contribution < 1.29 is 9.90 Å². The van der Waals surface area contributed by atoms with Crippen LogP contribution in [0.25, 0.3) is 0 Å². The van der Waals surface area contributed by atoms with Gasteiger partial charge in [0.2, 0.25) is 5.91 Å². The van der Waals surface area contributed by atoms with E-state index in [1.165, 1.54) is 18.9 Å². The van der Waals surface area contributed by atoms with Gasteiger partial charge in [-0.2, -0.15) is 0 Å². The van der Waals surface area contributed by atoms with Crippen LogP contribution in [0, 0.1) is 0 Å². The van der Waals surface area contributed by atoms with Crippen LogP contribution in [0.4, 0.5) is 0 Å². The van der Waals surface area contributed by atoms with Crippen LogP contribution in [0.2, 0.25) is 5.02 Å². The van der Waals surface area contributed by atoms with Crippen molar-refractivity contribution in [2.45, 2.75) is 64.8 Å². The molecule has 0 heterocycles. The normalized spacial score (nSPS) is 11.5. The van der Waals surface area contributed by atoms with E-state index in [0.29, 0.717) is 6.54 Å². The van der Waals surface area contributed by atoms with E-state index in [0.717, 1.165) is 31.4 Å². The molecule has 0 bridgehead atoms. The van der Waals surface area contributed by atoms with Crippen molar-refractivity contribution >= 4 is 17.5 Å². The molecule has 0 aliphatic heterocycles. The summed E-state index contributed by atoms with van der Waals surface area (Å²) in [6.07, 6.45) is 5.89. The molecular weight excluding hydrogens is 324 g/mol. The maximum absolute atomic E-state index is 11.9. The minimum Gasteiger partial charge on any atom is -0.506 e. The van der Waals surface area contributed by atoms with Crippen molar-refractivity contribution in [2.75, 3.05) is 13.1 Å². The fourth-order valence-electron chi connectivity index (χ4n) is 2.29. The Kier molecular flexibility index (Phi) is 9.16. The van der Waals surface area contributed by atoms with E-state index in [4.69, 9.17) is 11.6 Å². The third kappa shape index (κ3) is 8.55. The summed E-state index contributed by atoms with van der Waals surface area (Å²) in [7, 11) is 0. The van der Waals surface area contributed by atoms with Gasteiger partial charge in [-0.25, -0.2) is 0 Å². The number of hydrogen-bond donors (Lipinski definition) is 3. The van der Waals surface area contributed by atoms with Gasteiger partial charge < -0.3 is 15.7 Å². The van der Waals surface area contributed by atoms with E-state index in [-0.39, 0.29) is 28.6 Å². The summed E-state index contributed by atoms with van der Waals surface area (Å²) in [6.45, 7) is 8.41. The molecule has 1 aromatic rings. The monoisotopic (exact) mass is 354 g/mol. The number of aromatic hydroxyl groups is 1. The van der Waals surface area contributed by atoms with Gasteiger partial charge in [0.1, 0.15) is 5.75 Å². The van der Waals surface area contributed by atoms with Gasteiger partial charge in [0, 0.05) is 12.1 Å². The molecule has 0 atom stereocenters. The first-order valence-electron chi connectivity index (χ1n) is 8.83. The molecule has 0 saturated heterocycles. The van der Waals surface area contributed by atoms with Gasteiger partial charge in [0.25, 0.3) is 0 Å². The highest BCUT2D eigenvalue weighted by molar-refractivity contribution is 6.32. The molecule has 0 spiro atoms. The Morgan fingerprint density at radius 3 is 2.46 bits per heavy atom. The number of halogens is 1. The number of carbonyl (C=O) groups is 1. The minimum absolute atomic E-state index is 0.0110. The molecule has 24 heavy (non-hydrogen) atoms. The van der Waals surface area contributed by atoms with Crippen LogP contribution in [-0.2, 0) is 11.2 Å². The van der Waals surface area contributed by atoms with Gasteiger partial charge in [-0.05, 0) is 57.4 Å². The molecular formula is C19H31ClN2O2. The van der Waals surface area contributed by atoms with E-state index in [2.05, 4.69) is 31.4 Å². The largest absolute Gasteiger partial charge is 0.506 e. The first-order valence-corrected chi connectivity index (χ1v) is 9.21. The van der Waals surface area contributed by atoms with Crippen molar-refractivity contribution in [1.82, 2.24) is 10.6 Å². The lowest BCUT2D eigenvalue weighted by Gasteiger charge is -2.24. The SMILES string of the molecule is CCC(C)(C)NCCCCCCNC(=O)Cc1ccc(O)c(Cl)c1. The van der Waals surface area contributed by atoms with E-state index in [9.17, 15) is 9.90 Å². The number of benzene rings is 1. The molecule has 0 saturated carbocycles. The summed E-state index contributed by atoms with van der Waals surface area (Å²) in [6, 6.07) is 4.85. The van der Waals surface area contributed by atoms with Gasteiger partial charge in [-0.1, -0.05) is 37.4 Å². The number of hydrogen-bond acceptors (Lipinski definition) is 3. The fourth-order valence-corrected chi connectivity index (χ4v) is 2.49. The zero-order valence-electron chi connectivity index (χ0n) is 15.1. The predicted octanol–water partition coefficient (Wildman–Crippen LogP) is 4.04. The first kappa shape index (κ1) is 20.8. The first-order chi connectivity index (χ1) is 11.3. The Labute approximate surface area is 151 Å². The summed E-state index contributed by atoms with van der Waals surface area (Å²) in [5.74, 6) is 0.0285. The summed E-state index contributed by atoms with van der Waals surface area (Å²) in [5.41, 5.74) is 1.03. The maximum Gasteiger partial charge on any atom is 0.224 e. The van der Waals surface area contributed by atoms with Crippen LogP contribution in [0.15, 0.2) is 18.2 Å². The summed E-state index contributed by atoms with van der Waals surface area (Å²) in [4.78, 5) is 11.9. The second-order valence-corrected chi connectivity index (χ2v) is 7.30. The van der Waals surface area contributed by atoms with Crippen LogP contribution < -0.4 is 10.6 Å². The van der Waals surface area contributed by atoms with Gasteiger partial charge in [0.05, 0.1) is 11.4 Å². The Bertz CT molecular complexity index is 518. The number of unbranched alkanes of at least 4 members (excludes halogenated alkanes) is 3. The highest BCUT2D eigenvalue weighted by Gasteiger charge is 2.12. The van der Waals surface area contributed by atoms with Crippen molar-refractivity contribution in [3.8, 4) is 5.75 Å². The summed E-state index contributed by atoms with van der Waals surface area (Å²) < 4.78 is 0. The standard InChI is InChI=1S/C19H31ClN2O2/c1-4-19(2,3)22-12-8-6-5-7-11-21-18(24)14-15-9-10-17(23)16(20)13-15/h9-10,13,22-23H,4-8,11-12,14H2,1-3H3,(H,21,24). The van der Waals surface area contributed by atoms with Gasteiger partial charge in [-0.15, -0.1) is 0 Å². The Morgan fingerprint density at radius 1 is 1.17 bits per heavy atom. The van der Waals surface area contributed by atoms with Crippen molar-refractivity contribution in [3.63, 3.8) is 0 Å². The summed E-state index contributed by atoms with van der Waals surface area (Å²) in [5, 5.41) is 16.1. The number of phenols is 1. The average molecular weight is 355 g/mol. The highest BCUT2D eigenvalue weighted by atomic mass is 35.5. The molecule has 0 aliphatic rings. The third-order valence-electron chi connectivity index (χ3n) is 4.29. The molecule has 0 aromatic heterocycles. The Hall–Kier alpha value is -1.26. The molecule has 0 fully saturated rings. The molecule has 0 radical (unpaired) electrons. The Morgan fingerprint density at radius 2 is 1.83 bits per heavy atom. The number of phenolic OH excluding ortho intramolecular Hbond substituents is 1. The number of amides is 1. The lowest BCUT2D eigenvalue weighted by atomic mass is 10.0. The van der Waals surface area contributed by atoms with E-state index < -0.39 is 0 Å². The second kappa shape index (κ2) is 10.6. The van der Waals surface area contributed by atoms with Crippen LogP contribution in [0.5, 0.6) is 5.75 Å². The number of rotatable bonds is 11. The fraction of sp³-hybridized carbons (Fsp3) is 0.632. The molecule has 0 aliphatic carbocycles. The Balaban J connectivity index is 2.06. The lowest BCUT2D eigenvalue weighted by Crippen LogP contribution is -2.38. The van der Waals surface area contributed by atoms with Crippen molar-refractivity contribution in [2.24, 2.45) is 0 Å². The maximum atomic E-state index is 11.9. The molecule has 5 heteroatoms.